The molecule has 0 spiro atoms. The van der Waals surface area contributed by atoms with Crippen molar-refractivity contribution in [3.63, 3.8) is 0 Å². The van der Waals surface area contributed by atoms with Gasteiger partial charge in [-0.15, -0.1) is 0 Å². The van der Waals surface area contributed by atoms with E-state index >= 15 is 0 Å². The second kappa shape index (κ2) is 8.91. The van der Waals surface area contributed by atoms with Gasteiger partial charge in [0.2, 0.25) is 5.78 Å². The van der Waals surface area contributed by atoms with E-state index in [0.29, 0.717) is 12.1 Å². The van der Waals surface area contributed by atoms with E-state index in [1.165, 1.54) is 0 Å². The minimum Gasteiger partial charge on any atom is -0.503 e. The summed E-state index contributed by atoms with van der Waals surface area (Å²) < 4.78 is 5.76. The van der Waals surface area contributed by atoms with E-state index in [-0.39, 0.29) is 11.3 Å². The molecule has 2 heterocycles. The van der Waals surface area contributed by atoms with Gasteiger partial charge in [0.1, 0.15) is 5.58 Å². The van der Waals surface area contributed by atoms with Crippen LogP contribution in [-0.4, -0.2) is 42.3 Å². The van der Waals surface area contributed by atoms with Gasteiger partial charge in [-0.2, -0.15) is 0 Å². The van der Waals surface area contributed by atoms with Gasteiger partial charge in [-0.3, -0.25) is 9.59 Å². The standard InChI is InChI=1S/C26H28N2O4/c1-4-5-8-15-28-23(17-11-13-19(14-12-17)27(2)3)22(25(30)26(28)31)24(29)21-16-18-9-6-7-10-20(18)32-21/h6-7,9-14,16,23,30H,4-5,8,15H2,1-3H3. The summed E-state index contributed by atoms with van der Waals surface area (Å²) in [5, 5.41) is 11.6. The SMILES string of the molecule is CCCCCN1C(=O)C(O)=C(C(=O)c2cc3ccccc3o2)C1c1ccc(N(C)C)cc1. The highest BCUT2D eigenvalue weighted by Crippen LogP contribution is 2.40. The van der Waals surface area contributed by atoms with Crippen molar-refractivity contribution in [2.24, 2.45) is 0 Å². The lowest BCUT2D eigenvalue weighted by molar-refractivity contribution is -0.129. The number of nitrogens with zero attached hydrogens (tertiary/aromatic N) is 2. The van der Waals surface area contributed by atoms with Crippen molar-refractivity contribution in [2.45, 2.75) is 32.2 Å². The van der Waals surface area contributed by atoms with Crippen LogP contribution in [0.1, 0.15) is 48.3 Å². The minimum absolute atomic E-state index is 0.0724. The van der Waals surface area contributed by atoms with Crippen LogP contribution in [-0.2, 0) is 4.79 Å². The Hall–Kier alpha value is -3.54. The maximum Gasteiger partial charge on any atom is 0.290 e. The molecule has 6 nitrogen and oxygen atoms in total. The van der Waals surface area contributed by atoms with Crippen LogP contribution in [0, 0.1) is 0 Å². The fourth-order valence-corrected chi connectivity index (χ4v) is 4.18. The largest absolute Gasteiger partial charge is 0.503 e. The van der Waals surface area contributed by atoms with Crippen molar-refractivity contribution in [3.8, 4) is 0 Å². The summed E-state index contributed by atoms with van der Waals surface area (Å²) in [5.74, 6) is -1.35. The number of aliphatic hydroxyl groups is 1. The Morgan fingerprint density at radius 2 is 1.81 bits per heavy atom. The van der Waals surface area contributed by atoms with E-state index in [1.807, 2.05) is 61.5 Å². The molecule has 4 rings (SSSR count). The van der Waals surface area contributed by atoms with E-state index in [4.69, 9.17) is 4.42 Å². The van der Waals surface area contributed by atoms with Crippen LogP contribution in [0.15, 0.2) is 70.3 Å². The number of ketones is 1. The predicted molar refractivity (Wildman–Crippen MR) is 125 cm³/mol. The Labute approximate surface area is 187 Å². The van der Waals surface area contributed by atoms with E-state index in [2.05, 4.69) is 6.92 Å². The number of carbonyl (C=O) groups excluding carboxylic acids is 2. The zero-order chi connectivity index (χ0) is 22.8. The first kappa shape index (κ1) is 21.7. The van der Waals surface area contributed by atoms with Crippen molar-refractivity contribution in [1.82, 2.24) is 4.90 Å². The molecule has 3 aromatic rings. The highest BCUT2D eigenvalue weighted by Gasteiger charge is 2.44. The third kappa shape index (κ3) is 3.88. The first-order chi connectivity index (χ1) is 15.4. The lowest BCUT2D eigenvalue weighted by Crippen LogP contribution is -2.32. The molecular weight excluding hydrogens is 404 g/mol. The Morgan fingerprint density at radius 1 is 1.09 bits per heavy atom. The molecule has 2 aromatic carbocycles. The number of rotatable bonds is 8. The molecule has 1 atom stereocenters. The predicted octanol–water partition coefficient (Wildman–Crippen LogP) is 5.27. The number of fused-ring (bicyclic) bond motifs is 1. The van der Waals surface area contributed by atoms with Crippen LogP contribution >= 0.6 is 0 Å². The van der Waals surface area contributed by atoms with E-state index in [9.17, 15) is 14.7 Å². The molecule has 0 fully saturated rings. The monoisotopic (exact) mass is 432 g/mol. The second-order valence-corrected chi connectivity index (χ2v) is 8.33. The molecule has 1 amide bonds. The zero-order valence-electron chi connectivity index (χ0n) is 18.7. The minimum atomic E-state index is -0.656. The lowest BCUT2D eigenvalue weighted by atomic mass is 9.94. The van der Waals surface area contributed by atoms with E-state index < -0.39 is 23.5 Å². The van der Waals surface area contributed by atoms with Gasteiger partial charge in [-0.1, -0.05) is 50.1 Å². The zero-order valence-corrected chi connectivity index (χ0v) is 18.7. The average molecular weight is 433 g/mol. The van der Waals surface area contributed by atoms with Crippen LogP contribution in [0.25, 0.3) is 11.0 Å². The molecule has 6 heteroatoms. The van der Waals surface area contributed by atoms with E-state index in [0.717, 1.165) is 35.9 Å². The molecule has 1 aliphatic rings. The van der Waals surface area contributed by atoms with Crippen LogP contribution in [0.5, 0.6) is 0 Å². The third-order valence-electron chi connectivity index (χ3n) is 5.93. The van der Waals surface area contributed by atoms with Gasteiger partial charge in [0.15, 0.2) is 11.5 Å². The number of Topliss-reactive ketones (excluding diaryl/α,β-unsaturated/α-hetero) is 1. The number of para-hydroxylation sites is 1. The summed E-state index contributed by atoms with van der Waals surface area (Å²) in [6.07, 6.45) is 2.77. The van der Waals surface area contributed by atoms with Crippen LogP contribution in [0.2, 0.25) is 0 Å². The highest BCUT2D eigenvalue weighted by molar-refractivity contribution is 6.16. The maximum atomic E-state index is 13.5. The Morgan fingerprint density at radius 3 is 2.47 bits per heavy atom. The fourth-order valence-electron chi connectivity index (χ4n) is 4.18. The Kier molecular flexibility index (Phi) is 6.04. The molecule has 166 valence electrons. The van der Waals surface area contributed by atoms with Gasteiger partial charge in [0, 0.05) is 31.7 Å². The molecule has 1 N–H and O–H groups in total. The lowest BCUT2D eigenvalue weighted by Gasteiger charge is -2.27. The molecule has 0 bridgehead atoms. The molecule has 32 heavy (non-hydrogen) atoms. The normalized spacial score (nSPS) is 16.3. The third-order valence-corrected chi connectivity index (χ3v) is 5.93. The number of aliphatic hydroxyl groups excluding tert-OH is 1. The van der Waals surface area contributed by atoms with Gasteiger partial charge in [-0.25, -0.2) is 0 Å². The number of carbonyl (C=O) groups is 2. The maximum absolute atomic E-state index is 13.5. The number of benzene rings is 2. The molecule has 0 aliphatic carbocycles. The molecule has 1 unspecified atom stereocenters. The van der Waals surface area contributed by atoms with Gasteiger partial charge >= 0.3 is 0 Å². The Bertz CT molecular complexity index is 1140. The summed E-state index contributed by atoms with van der Waals surface area (Å²) in [7, 11) is 3.90. The van der Waals surface area contributed by atoms with Gasteiger partial charge < -0.3 is 19.3 Å². The van der Waals surface area contributed by atoms with Crippen LogP contribution in [0.4, 0.5) is 5.69 Å². The molecule has 0 saturated heterocycles. The first-order valence-electron chi connectivity index (χ1n) is 11.0. The highest BCUT2D eigenvalue weighted by atomic mass is 16.3. The van der Waals surface area contributed by atoms with Gasteiger partial charge in [0.25, 0.3) is 5.91 Å². The second-order valence-electron chi connectivity index (χ2n) is 8.33. The number of hydrogen-bond acceptors (Lipinski definition) is 5. The fraction of sp³-hybridized carbons (Fsp3) is 0.308. The number of hydrogen-bond donors (Lipinski definition) is 1. The summed E-state index contributed by atoms with van der Waals surface area (Å²) in [6.45, 7) is 2.56. The molecule has 1 aromatic heterocycles. The number of furan rings is 1. The molecule has 0 saturated carbocycles. The summed E-state index contributed by atoms with van der Waals surface area (Å²) >= 11 is 0. The van der Waals surface area contributed by atoms with Gasteiger partial charge in [-0.05, 0) is 36.2 Å². The molecule has 1 aliphatic heterocycles. The van der Waals surface area contributed by atoms with Crippen molar-refractivity contribution in [1.29, 1.82) is 0 Å². The van der Waals surface area contributed by atoms with Crippen LogP contribution < -0.4 is 4.90 Å². The average Bonchev–Trinajstić information content (AvgIpc) is 3.33. The summed E-state index contributed by atoms with van der Waals surface area (Å²) in [4.78, 5) is 30.1. The Balaban J connectivity index is 1.76. The van der Waals surface area contributed by atoms with Crippen LogP contribution in [0.3, 0.4) is 0 Å². The topological polar surface area (TPSA) is 74.0 Å². The first-order valence-corrected chi connectivity index (χ1v) is 11.0. The number of anilines is 1. The van der Waals surface area contributed by atoms with Crippen molar-refractivity contribution in [3.05, 3.63) is 77.3 Å². The van der Waals surface area contributed by atoms with Crippen molar-refractivity contribution in [2.75, 3.05) is 25.5 Å². The van der Waals surface area contributed by atoms with Gasteiger partial charge in [0.05, 0.1) is 11.6 Å². The van der Waals surface area contributed by atoms with E-state index in [1.54, 1.807) is 17.0 Å². The van der Waals surface area contributed by atoms with Crippen molar-refractivity contribution < 1.29 is 19.1 Å². The smallest absolute Gasteiger partial charge is 0.290 e. The summed E-state index contributed by atoms with van der Waals surface area (Å²) in [5.41, 5.74) is 2.45. The number of amides is 1. The molecular formula is C26H28N2O4. The quantitative estimate of drug-likeness (QED) is 0.388. The number of unbranched alkanes of at least 4 members (excludes halogenated alkanes) is 2. The molecule has 0 radical (unpaired) electrons. The summed E-state index contributed by atoms with van der Waals surface area (Å²) in [6, 6.07) is 16.1. The van der Waals surface area contributed by atoms with Crippen molar-refractivity contribution >= 4 is 28.3 Å².